The second-order valence-electron chi connectivity index (χ2n) is 6.00. The molecule has 0 heterocycles. The molecule has 0 unspecified atom stereocenters. The third-order valence-corrected chi connectivity index (χ3v) is 4.60. The Labute approximate surface area is 162 Å². The van der Waals surface area contributed by atoms with Crippen molar-refractivity contribution in [1.82, 2.24) is 4.90 Å². The Hall–Kier alpha value is -2.18. The summed E-state index contributed by atoms with van der Waals surface area (Å²) < 4.78 is 0.854. The quantitative estimate of drug-likeness (QED) is 0.705. The molecule has 2 aromatic rings. The summed E-state index contributed by atoms with van der Waals surface area (Å²) in [5, 5.41) is 5.81. The molecule has 0 atom stereocenters. The van der Waals surface area contributed by atoms with Crippen molar-refractivity contribution < 1.29 is 9.59 Å². The van der Waals surface area contributed by atoms with Crippen molar-refractivity contribution in [3.63, 3.8) is 0 Å². The molecule has 26 heavy (non-hydrogen) atoms. The molecular weight excluding hydrogens is 394 g/mol. The molecule has 138 valence electrons. The minimum atomic E-state index is -0.177. The van der Waals surface area contributed by atoms with Crippen molar-refractivity contribution in [3.8, 4) is 0 Å². The molecule has 2 amide bonds. The molecule has 0 aliphatic heterocycles. The Kier molecular flexibility index (Phi) is 7.36. The number of likely N-dealkylation sites (N-methyl/N-ethyl adjacent to an activating group) is 1. The van der Waals surface area contributed by atoms with Crippen LogP contribution in [0.15, 0.2) is 46.9 Å². The highest BCUT2D eigenvalue weighted by molar-refractivity contribution is 9.10. The molecule has 0 fully saturated rings. The number of amides is 2. The molecule has 5 nitrogen and oxygen atoms in total. The molecule has 0 spiro atoms. The minimum absolute atomic E-state index is 0.0391. The van der Waals surface area contributed by atoms with Gasteiger partial charge in [0.25, 0.3) is 5.91 Å². The van der Waals surface area contributed by atoms with Crippen LogP contribution in [0.1, 0.15) is 29.8 Å². The highest BCUT2D eigenvalue weighted by Crippen LogP contribution is 2.21. The van der Waals surface area contributed by atoms with E-state index in [4.69, 9.17) is 0 Å². The summed E-state index contributed by atoms with van der Waals surface area (Å²) >= 11 is 3.36. The molecule has 0 radical (unpaired) electrons. The van der Waals surface area contributed by atoms with E-state index in [9.17, 15) is 9.59 Å². The number of anilines is 2. The Balaban J connectivity index is 2.02. The first-order valence-electron chi connectivity index (χ1n) is 8.62. The molecule has 0 aliphatic carbocycles. The average Bonchev–Trinajstić information content (AvgIpc) is 2.62. The van der Waals surface area contributed by atoms with Gasteiger partial charge in [0, 0.05) is 21.4 Å². The highest BCUT2D eigenvalue weighted by Gasteiger charge is 2.11. The highest BCUT2D eigenvalue weighted by atomic mass is 79.9. The summed E-state index contributed by atoms with van der Waals surface area (Å²) in [7, 11) is 0. The van der Waals surface area contributed by atoms with Crippen LogP contribution in [-0.2, 0) is 4.79 Å². The average molecular weight is 418 g/mol. The molecular formula is C20H24BrN3O2. The first-order valence-corrected chi connectivity index (χ1v) is 9.42. The van der Waals surface area contributed by atoms with E-state index >= 15 is 0 Å². The number of rotatable bonds is 7. The van der Waals surface area contributed by atoms with Crippen LogP contribution >= 0.6 is 15.9 Å². The number of carbonyl (C=O) groups is 2. The summed E-state index contributed by atoms with van der Waals surface area (Å²) in [5.74, 6) is -0.216. The Morgan fingerprint density at radius 3 is 2.38 bits per heavy atom. The molecule has 2 rings (SSSR count). The zero-order valence-corrected chi connectivity index (χ0v) is 16.9. The van der Waals surface area contributed by atoms with E-state index in [1.165, 1.54) is 0 Å². The zero-order valence-electron chi connectivity index (χ0n) is 15.3. The van der Waals surface area contributed by atoms with E-state index in [2.05, 4.69) is 31.5 Å². The van der Waals surface area contributed by atoms with E-state index < -0.39 is 0 Å². The summed E-state index contributed by atoms with van der Waals surface area (Å²) in [6.45, 7) is 8.01. The fourth-order valence-corrected chi connectivity index (χ4v) is 2.95. The van der Waals surface area contributed by atoms with E-state index in [0.29, 0.717) is 17.8 Å². The standard InChI is InChI=1S/C20H24BrN3O2/c1-4-24(5-2)13-19(25)23-18-10-9-17(11-14(18)3)22-20(26)15-7-6-8-16(21)12-15/h6-12H,4-5,13H2,1-3H3,(H,22,26)(H,23,25). The lowest BCUT2D eigenvalue weighted by atomic mass is 10.1. The van der Waals surface area contributed by atoms with Crippen LogP contribution in [0, 0.1) is 6.92 Å². The second-order valence-corrected chi connectivity index (χ2v) is 6.92. The van der Waals surface area contributed by atoms with Crippen molar-refractivity contribution in [2.75, 3.05) is 30.3 Å². The number of carbonyl (C=O) groups excluding carboxylic acids is 2. The van der Waals surface area contributed by atoms with Crippen molar-refractivity contribution in [3.05, 3.63) is 58.1 Å². The van der Waals surface area contributed by atoms with E-state index in [-0.39, 0.29) is 11.8 Å². The molecule has 0 saturated heterocycles. The van der Waals surface area contributed by atoms with Crippen LogP contribution in [0.4, 0.5) is 11.4 Å². The topological polar surface area (TPSA) is 61.4 Å². The molecule has 2 aromatic carbocycles. The Morgan fingerprint density at radius 2 is 1.77 bits per heavy atom. The van der Waals surface area contributed by atoms with Crippen LogP contribution in [0.3, 0.4) is 0 Å². The van der Waals surface area contributed by atoms with Crippen molar-refractivity contribution in [2.45, 2.75) is 20.8 Å². The third kappa shape index (κ3) is 5.68. The maximum Gasteiger partial charge on any atom is 0.255 e. The normalized spacial score (nSPS) is 10.7. The first-order chi connectivity index (χ1) is 12.4. The lowest BCUT2D eigenvalue weighted by molar-refractivity contribution is -0.117. The lowest BCUT2D eigenvalue weighted by Gasteiger charge is -2.18. The maximum absolute atomic E-state index is 12.3. The van der Waals surface area contributed by atoms with Crippen molar-refractivity contribution in [1.29, 1.82) is 0 Å². The van der Waals surface area contributed by atoms with E-state index in [1.807, 2.05) is 45.0 Å². The lowest BCUT2D eigenvalue weighted by Crippen LogP contribution is -2.33. The van der Waals surface area contributed by atoms with E-state index in [1.54, 1.807) is 18.2 Å². The van der Waals surface area contributed by atoms with Gasteiger partial charge in [-0.1, -0.05) is 35.8 Å². The molecule has 2 N–H and O–H groups in total. The van der Waals surface area contributed by atoms with Gasteiger partial charge in [-0.15, -0.1) is 0 Å². The van der Waals surface area contributed by atoms with Gasteiger partial charge in [0.1, 0.15) is 0 Å². The summed E-state index contributed by atoms with van der Waals surface area (Å²) in [6.07, 6.45) is 0. The number of hydrogen-bond donors (Lipinski definition) is 2. The fraction of sp³-hybridized carbons (Fsp3) is 0.300. The van der Waals surface area contributed by atoms with E-state index in [0.717, 1.165) is 28.8 Å². The van der Waals surface area contributed by atoms with Gasteiger partial charge in [0.05, 0.1) is 6.54 Å². The SMILES string of the molecule is CCN(CC)CC(=O)Nc1ccc(NC(=O)c2cccc(Br)c2)cc1C. The Morgan fingerprint density at radius 1 is 1.04 bits per heavy atom. The van der Waals surface area contributed by atoms with Gasteiger partial charge in [0.15, 0.2) is 0 Å². The van der Waals surface area contributed by atoms with Gasteiger partial charge in [0.2, 0.25) is 5.91 Å². The van der Waals surface area contributed by atoms with Gasteiger partial charge < -0.3 is 10.6 Å². The zero-order chi connectivity index (χ0) is 19.1. The van der Waals surface area contributed by atoms with Gasteiger partial charge >= 0.3 is 0 Å². The van der Waals surface area contributed by atoms with Gasteiger partial charge in [-0.3, -0.25) is 14.5 Å². The smallest absolute Gasteiger partial charge is 0.255 e. The molecule has 0 bridgehead atoms. The maximum atomic E-state index is 12.3. The van der Waals surface area contributed by atoms with Crippen molar-refractivity contribution in [2.24, 2.45) is 0 Å². The van der Waals surface area contributed by atoms with Crippen LogP contribution in [0.25, 0.3) is 0 Å². The first kappa shape index (κ1) is 20.1. The second kappa shape index (κ2) is 9.50. The monoisotopic (exact) mass is 417 g/mol. The minimum Gasteiger partial charge on any atom is -0.325 e. The van der Waals surface area contributed by atoms with Crippen LogP contribution < -0.4 is 10.6 Å². The predicted octanol–water partition coefficient (Wildman–Crippen LogP) is 4.29. The van der Waals surface area contributed by atoms with Crippen LogP contribution in [0.5, 0.6) is 0 Å². The number of hydrogen-bond acceptors (Lipinski definition) is 3. The van der Waals surface area contributed by atoms with Gasteiger partial charge in [-0.2, -0.15) is 0 Å². The summed E-state index contributed by atoms with van der Waals surface area (Å²) in [6, 6.07) is 12.7. The van der Waals surface area contributed by atoms with Gasteiger partial charge in [-0.05, 0) is 62.0 Å². The summed E-state index contributed by atoms with van der Waals surface area (Å²) in [5.41, 5.74) is 2.91. The van der Waals surface area contributed by atoms with Gasteiger partial charge in [-0.25, -0.2) is 0 Å². The van der Waals surface area contributed by atoms with Crippen molar-refractivity contribution >= 4 is 39.1 Å². The number of benzene rings is 2. The fourth-order valence-electron chi connectivity index (χ4n) is 2.55. The molecule has 0 aromatic heterocycles. The number of aryl methyl sites for hydroxylation is 1. The van der Waals surface area contributed by atoms with Crippen LogP contribution in [-0.4, -0.2) is 36.3 Å². The summed E-state index contributed by atoms with van der Waals surface area (Å²) in [4.78, 5) is 26.5. The Bertz CT molecular complexity index is 788. The van der Waals surface area contributed by atoms with Crippen LogP contribution in [0.2, 0.25) is 0 Å². The molecule has 0 aliphatic rings. The number of nitrogens with zero attached hydrogens (tertiary/aromatic N) is 1. The molecule has 0 saturated carbocycles. The predicted molar refractivity (Wildman–Crippen MR) is 110 cm³/mol. The molecule has 6 heteroatoms. The number of halogens is 1. The number of nitrogens with one attached hydrogen (secondary N) is 2. The largest absolute Gasteiger partial charge is 0.325 e. The third-order valence-electron chi connectivity index (χ3n) is 4.11.